The second-order valence-corrected chi connectivity index (χ2v) is 6.53. The molecule has 1 nitrogen and oxygen atoms in total. The van der Waals surface area contributed by atoms with Gasteiger partial charge in [-0.25, -0.2) is 0 Å². The molecule has 3 aromatic rings. The summed E-state index contributed by atoms with van der Waals surface area (Å²) in [5.74, 6) is 0.184. The number of carbonyl (C=O) groups is 1. The van der Waals surface area contributed by atoms with Gasteiger partial charge in [0.25, 0.3) is 0 Å². The third-order valence-corrected chi connectivity index (χ3v) is 5.42. The molecule has 3 rings (SSSR count). The molecule has 1 heterocycles. The van der Waals surface area contributed by atoms with Gasteiger partial charge in [0.2, 0.25) is 0 Å². The fourth-order valence-corrected chi connectivity index (χ4v) is 3.94. The Hall–Kier alpha value is -1.45. The van der Waals surface area contributed by atoms with Gasteiger partial charge >= 0.3 is 0 Å². The van der Waals surface area contributed by atoms with Gasteiger partial charge in [-0.3, -0.25) is 4.79 Å². The van der Waals surface area contributed by atoms with Gasteiger partial charge in [-0.1, -0.05) is 36.4 Å². The SMILES string of the molecule is Cc1ccccc1CC(=O)c1csc2c(Br)cccc12. The van der Waals surface area contributed by atoms with E-state index < -0.39 is 0 Å². The molecule has 0 atom stereocenters. The average Bonchev–Trinajstić information content (AvgIpc) is 2.87. The molecule has 20 heavy (non-hydrogen) atoms. The molecule has 0 aliphatic rings. The van der Waals surface area contributed by atoms with Crippen LogP contribution in [0.25, 0.3) is 10.1 Å². The first-order valence-corrected chi connectivity index (χ1v) is 8.07. The Balaban J connectivity index is 1.98. The minimum Gasteiger partial charge on any atom is -0.294 e. The molecule has 0 amide bonds. The van der Waals surface area contributed by atoms with E-state index in [-0.39, 0.29) is 5.78 Å². The van der Waals surface area contributed by atoms with E-state index in [1.165, 1.54) is 5.56 Å². The second-order valence-electron chi connectivity index (χ2n) is 4.79. The summed E-state index contributed by atoms with van der Waals surface area (Å²) in [4.78, 5) is 12.5. The number of ketones is 1. The number of rotatable bonds is 3. The first-order valence-electron chi connectivity index (χ1n) is 6.40. The summed E-state index contributed by atoms with van der Waals surface area (Å²) < 4.78 is 2.19. The van der Waals surface area contributed by atoms with Crippen LogP contribution in [0.3, 0.4) is 0 Å². The molecule has 2 aromatic carbocycles. The molecule has 3 heteroatoms. The first-order chi connectivity index (χ1) is 9.66. The van der Waals surface area contributed by atoms with E-state index in [0.717, 1.165) is 25.7 Å². The van der Waals surface area contributed by atoms with E-state index in [2.05, 4.69) is 15.9 Å². The van der Waals surface area contributed by atoms with Crippen molar-refractivity contribution in [2.24, 2.45) is 0 Å². The fraction of sp³-hybridized carbons (Fsp3) is 0.118. The van der Waals surface area contributed by atoms with Crippen molar-refractivity contribution in [3.8, 4) is 0 Å². The van der Waals surface area contributed by atoms with Crippen LogP contribution in [0.1, 0.15) is 21.5 Å². The summed E-state index contributed by atoms with van der Waals surface area (Å²) in [5, 5.41) is 3.01. The normalized spacial score (nSPS) is 10.9. The van der Waals surface area contributed by atoms with Crippen molar-refractivity contribution in [1.29, 1.82) is 0 Å². The molecule has 0 saturated heterocycles. The van der Waals surface area contributed by atoms with Crippen molar-refractivity contribution < 1.29 is 4.79 Å². The van der Waals surface area contributed by atoms with E-state index in [9.17, 15) is 4.79 Å². The van der Waals surface area contributed by atoms with Crippen LogP contribution in [0, 0.1) is 6.92 Å². The number of hydrogen-bond donors (Lipinski definition) is 0. The quantitative estimate of drug-likeness (QED) is 0.581. The van der Waals surface area contributed by atoms with Gasteiger partial charge in [0.05, 0.1) is 0 Å². The number of fused-ring (bicyclic) bond motifs is 1. The van der Waals surface area contributed by atoms with Gasteiger partial charge in [0, 0.05) is 31.9 Å². The lowest BCUT2D eigenvalue weighted by Crippen LogP contribution is -2.04. The lowest BCUT2D eigenvalue weighted by molar-refractivity contribution is 0.0994. The van der Waals surface area contributed by atoms with E-state index in [0.29, 0.717) is 6.42 Å². The highest BCUT2D eigenvalue weighted by Gasteiger charge is 2.14. The molecule has 0 bridgehead atoms. The molecule has 0 spiro atoms. The predicted octanol–water partition coefficient (Wildman–Crippen LogP) is 5.40. The Bertz CT molecular complexity index is 789. The van der Waals surface area contributed by atoms with Gasteiger partial charge in [-0.15, -0.1) is 11.3 Å². The maximum absolute atomic E-state index is 12.5. The van der Waals surface area contributed by atoms with Gasteiger partial charge in [0.1, 0.15) is 0 Å². The lowest BCUT2D eigenvalue weighted by atomic mass is 9.99. The zero-order valence-corrected chi connectivity index (χ0v) is 13.4. The molecule has 0 unspecified atom stereocenters. The van der Waals surface area contributed by atoms with Crippen molar-refractivity contribution in [3.05, 3.63) is 69.0 Å². The molecule has 0 aliphatic heterocycles. The number of carbonyl (C=O) groups excluding carboxylic acids is 1. The topological polar surface area (TPSA) is 17.1 Å². The van der Waals surface area contributed by atoms with E-state index in [1.807, 2.05) is 54.8 Å². The van der Waals surface area contributed by atoms with Crippen LogP contribution >= 0.6 is 27.3 Å². The Kier molecular flexibility index (Phi) is 3.72. The van der Waals surface area contributed by atoms with Crippen LogP contribution in [-0.2, 0) is 6.42 Å². The average molecular weight is 345 g/mol. The molecule has 0 N–H and O–H groups in total. The van der Waals surface area contributed by atoms with Crippen molar-refractivity contribution in [3.63, 3.8) is 0 Å². The van der Waals surface area contributed by atoms with Crippen LogP contribution in [0.5, 0.6) is 0 Å². The van der Waals surface area contributed by atoms with Crippen molar-refractivity contribution in [2.75, 3.05) is 0 Å². The number of benzene rings is 2. The third-order valence-electron chi connectivity index (χ3n) is 3.46. The molecule has 100 valence electrons. The summed E-state index contributed by atoms with van der Waals surface area (Å²) in [7, 11) is 0. The fourth-order valence-electron chi connectivity index (χ4n) is 2.31. The van der Waals surface area contributed by atoms with Crippen LogP contribution in [0.2, 0.25) is 0 Å². The maximum atomic E-state index is 12.5. The van der Waals surface area contributed by atoms with Gasteiger partial charge in [0.15, 0.2) is 5.78 Å². The number of thiophene rings is 1. The van der Waals surface area contributed by atoms with Crippen LogP contribution in [0.4, 0.5) is 0 Å². The smallest absolute Gasteiger partial charge is 0.168 e. The largest absolute Gasteiger partial charge is 0.294 e. The summed E-state index contributed by atoms with van der Waals surface area (Å²) in [6, 6.07) is 14.1. The van der Waals surface area contributed by atoms with Gasteiger partial charge in [-0.05, 0) is 40.0 Å². The van der Waals surface area contributed by atoms with Gasteiger partial charge < -0.3 is 0 Å². The third kappa shape index (κ3) is 2.43. The van der Waals surface area contributed by atoms with E-state index in [4.69, 9.17) is 0 Å². The monoisotopic (exact) mass is 344 g/mol. The zero-order valence-electron chi connectivity index (χ0n) is 11.0. The Morgan fingerprint density at radius 1 is 1.15 bits per heavy atom. The van der Waals surface area contributed by atoms with Crippen LogP contribution in [0.15, 0.2) is 52.3 Å². The Morgan fingerprint density at radius 3 is 2.75 bits per heavy atom. The van der Waals surface area contributed by atoms with E-state index in [1.54, 1.807) is 11.3 Å². The first kappa shape index (κ1) is 13.5. The molecule has 0 fully saturated rings. The van der Waals surface area contributed by atoms with Crippen LogP contribution in [-0.4, -0.2) is 5.78 Å². The summed E-state index contributed by atoms with van der Waals surface area (Å²) >= 11 is 5.15. The van der Waals surface area contributed by atoms with Crippen molar-refractivity contribution >= 4 is 43.1 Å². The van der Waals surface area contributed by atoms with Crippen molar-refractivity contribution in [1.82, 2.24) is 0 Å². The van der Waals surface area contributed by atoms with Crippen molar-refractivity contribution in [2.45, 2.75) is 13.3 Å². The minimum absolute atomic E-state index is 0.184. The minimum atomic E-state index is 0.184. The van der Waals surface area contributed by atoms with E-state index >= 15 is 0 Å². The molecular formula is C17H13BrOS. The number of halogens is 1. The number of aryl methyl sites for hydroxylation is 1. The lowest BCUT2D eigenvalue weighted by Gasteiger charge is -2.04. The Morgan fingerprint density at radius 2 is 1.95 bits per heavy atom. The predicted molar refractivity (Wildman–Crippen MR) is 88.7 cm³/mol. The van der Waals surface area contributed by atoms with Gasteiger partial charge in [-0.2, -0.15) is 0 Å². The number of Topliss-reactive ketones (excluding diaryl/α,β-unsaturated/α-hetero) is 1. The number of hydrogen-bond acceptors (Lipinski definition) is 2. The summed E-state index contributed by atoms with van der Waals surface area (Å²) in [6.45, 7) is 2.05. The highest BCUT2D eigenvalue weighted by molar-refractivity contribution is 9.10. The Labute approximate surface area is 130 Å². The second kappa shape index (κ2) is 5.51. The molecular weight excluding hydrogens is 332 g/mol. The summed E-state index contributed by atoms with van der Waals surface area (Å²) in [6.07, 6.45) is 0.463. The summed E-state index contributed by atoms with van der Waals surface area (Å²) in [5.41, 5.74) is 3.10. The molecule has 0 aliphatic carbocycles. The molecule has 1 aromatic heterocycles. The zero-order chi connectivity index (χ0) is 14.1. The maximum Gasteiger partial charge on any atom is 0.168 e. The van der Waals surface area contributed by atoms with Crippen LogP contribution < -0.4 is 0 Å². The standard InChI is InChI=1S/C17H13BrOS/c1-11-5-2-3-6-12(11)9-16(19)14-10-20-17-13(14)7-4-8-15(17)18/h2-8,10H,9H2,1H3. The molecule has 0 radical (unpaired) electrons. The highest BCUT2D eigenvalue weighted by atomic mass is 79.9. The highest BCUT2D eigenvalue weighted by Crippen LogP contribution is 2.32. The molecule has 0 saturated carbocycles.